The molecule has 3 aromatic rings. The number of hydrogen-bond acceptors (Lipinski definition) is 3. The number of hydrogen-bond donors (Lipinski definition) is 1. The standard InChI is InChI=1S/C19H21BrClN5O/c1-11-18(20)13(3)26(23-11)10-17(27)22-19-12(2)24-25(14(19)4)9-15-5-7-16(21)8-6-15/h5-8H,9-10H2,1-4H3,(H,22,27). The van der Waals surface area contributed by atoms with Crippen LogP contribution in [-0.2, 0) is 17.9 Å². The summed E-state index contributed by atoms with van der Waals surface area (Å²) in [6.45, 7) is 8.44. The maximum Gasteiger partial charge on any atom is 0.246 e. The lowest BCUT2D eigenvalue weighted by Crippen LogP contribution is -2.21. The quantitative estimate of drug-likeness (QED) is 0.626. The van der Waals surface area contributed by atoms with Gasteiger partial charge in [-0.2, -0.15) is 10.2 Å². The first kappa shape index (κ1) is 19.6. The SMILES string of the molecule is Cc1nn(CC(=O)Nc2c(C)nn(Cc3ccc(Cl)cc3)c2C)c(C)c1Br. The monoisotopic (exact) mass is 449 g/mol. The number of benzene rings is 1. The Hall–Kier alpha value is -2.12. The highest BCUT2D eigenvalue weighted by Crippen LogP contribution is 2.22. The average Bonchev–Trinajstić information content (AvgIpc) is 3.01. The number of anilines is 1. The van der Waals surface area contributed by atoms with E-state index in [2.05, 4.69) is 31.4 Å². The predicted molar refractivity (Wildman–Crippen MR) is 110 cm³/mol. The number of rotatable bonds is 5. The first-order valence-electron chi connectivity index (χ1n) is 8.54. The third-order valence-corrected chi connectivity index (χ3v) is 5.88. The molecule has 6 nitrogen and oxygen atoms in total. The average molecular weight is 451 g/mol. The number of nitrogens with one attached hydrogen (secondary N) is 1. The van der Waals surface area contributed by atoms with Gasteiger partial charge in [-0.25, -0.2) is 0 Å². The summed E-state index contributed by atoms with van der Waals surface area (Å²) in [5, 5.41) is 12.6. The van der Waals surface area contributed by atoms with E-state index in [0.29, 0.717) is 11.6 Å². The summed E-state index contributed by atoms with van der Waals surface area (Å²) in [7, 11) is 0. The zero-order valence-corrected chi connectivity index (χ0v) is 18.0. The minimum atomic E-state index is -0.134. The highest BCUT2D eigenvalue weighted by atomic mass is 79.9. The maximum absolute atomic E-state index is 12.5. The Morgan fingerprint density at radius 2 is 1.67 bits per heavy atom. The van der Waals surface area contributed by atoms with Crippen molar-refractivity contribution < 1.29 is 4.79 Å². The minimum Gasteiger partial charge on any atom is -0.321 e. The number of aromatic nitrogens is 4. The van der Waals surface area contributed by atoms with Crippen molar-refractivity contribution >= 4 is 39.1 Å². The third kappa shape index (κ3) is 4.25. The van der Waals surface area contributed by atoms with Crippen LogP contribution in [0.4, 0.5) is 5.69 Å². The molecule has 0 fully saturated rings. The van der Waals surface area contributed by atoms with Crippen LogP contribution in [0.25, 0.3) is 0 Å². The van der Waals surface area contributed by atoms with E-state index in [4.69, 9.17) is 11.6 Å². The van der Waals surface area contributed by atoms with E-state index in [1.807, 2.05) is 56.6 Å². The van der Waals surface area contributed by atoms with E-state index in [-0.39, 0.29) is 12.5 Å². The van der Waals surface area contributed by atoms with E-state index in [1.165, 1.54) is 0 Å². The summed E-state index contributed by atoms with van der Waals surface area (Å²) in [6.07, 6.45) is 0. The second kappa shape index (κ2) is 7.86. The van der Waals surface area contributed by atoms with Crippen molar-refractivity contribution in [3.05, 3.63) is 62.1 Å². The van der Waals surface area contributed by atoms with Gasteiger partial charge in [-0.3, -0.25) is 14.2 Å². The van der Waals surface area contributed by atoms with Gasteiger partial charge in [0.25, 0.3) is 0 Å². The van der Waals surface area contributed by atoms with Gasteiger partial charge in [-0.1, -0.05) is 23.7 Å². The molecule has 2 aromatic heterocycles. The molecule has 0 radical (unpaired) electrons. The van der Waals surface area contributed by atoms with E-state index < -0.39 is 0 Å². The van der Waals surface area contributed by atoms with Crippen LogP contribution in [0.3, 0.4) is 0 Å². The number of carbonyl (C=O) groups is 1. The third-order valence-electron chi connectivity index (χ3n) is 4.48. The molecular weight excluding hydrogens is 430 g/mol. The summed E-state index contributed by atoms with van der Waals surface area (Å²) in [5.74, 6) is -0.134. The van der Waals surface area contributed by atoms with Crippen LogP contribution in [0.5, 0.6) is 0 Å². The van der Waals surface area contributed by atoms with Gasteiger partial charge >= 0.3 is 0 Å². The van der Waals surface area contributed by atoms with E-state index in [1.54, 1.807) is 4.68 Å². The minimum absolute atomic E-state index is 0.134. The molecule has 0 aliphatic carbocycles. The Morgan fingerprint density at radius 3 is 2.26 bits per heavy atom. The summed E-state index contributed by atoms with van der Waals surface area (Å²) in [4.78, 5) is 12.5. The molecule has 0 saturated carbocycles. The van der Waals surface area contributed by atoms with Crippen LogP contribution < -0.4 is 5.32 Å². The predicted octanol–water partition coefficient (Wildman–Crippen LogP) is 4.42. The molecular formula is C19H21BrClN5O. The Kier molecular flexibility index (Phi) is 5.72. The molecule has 0 bridgehead atoms. The van der Waals surface area contributed by atoms with Crippen LogP contribution in [-0.4, -0.2) is 25.5 Å². The summed E-state index contributed by atoms with van der Waals surface area (Å²) in [5.41, 5.74) is 5.32. The molecule has 0 spiro atoms. The van der Waals surface area contributed by atoms with Gasteiger partial charge in [0.05, 0.1) is 39.5 Å². The van der Waals surface area contributed by atoms with Gasteiger partial charge in [0.15, 0.2) is 0 Å². The van der Waals surface area contributed by atoms with Crippen molar-refractivity contribution in [3.63, 3.8) is 0 Å². The molecule has 0 aliphatic rings. The fourth-order valence-corrected chi connectivity index (χ4v) is 3.35. The molecule has 0 aliphatic heterocycles. The van der Waals surface area contributed by atoms with Crippen LogP contribution in [0.1, 0.15) is 28.3 Å². The smallest absolute Gasteiger partial charge is 0.246 e. The van der Waals surface area contributed by atoms with Crippen LogP contribution in [0.2, 0.25) is 5.02 Å². The van der Waals surface area contributed by atoms with E-state index >= 15 is 0 Å². The number of carbonyl (C=O) groups excluding carboxylic acids is 1. The van der Waals surface area contributed by atoms with Crippen molar-refractivity contribution in [2.75, 3.05) is 5.32 Å². The van der Waals surface area contributed by atoms with Crippen molar-refractivity contribution in [2.24, 2.45) is 0 Å². The largest absolute Gasteiger partial charge is 0.321 e. The molecule has 142 valence electrons. The molecule has 3 rings (SSSR count). The van der Waals surface area contributed by atoms with E-state index in [0.717, 1.165) is 38.5 Å². The van der Waals surface area contributed by atoms with Crippen molar-refractivity contribution in [3.8, 4) is 0 Å². The van der Waals surface area contributed by atoms with Crippen LogP contribution in [0, 0.1) is 27.7 Å². The zero-order valence-electron chi connectivity index (χ0n) is 15.7. The second-order valence-corrected chi connectivity index (χ2v) is 7.75. The van der Waals surface area contributed by atoms with Gasteiger partial charge in [-0.05, 0) is 61.3 Å². The molecule has 2 heterocycles. The van der Waals surface area contributed by atoms with Crippen molar-refractivity contribution in [2.45, 2.75) is 40.8 Å². The fraction of sp³-hybridized carbons (Fsp3) is 0.316. The number of halogens is 2. The molecule has 0 atom stereocenters. The van der Waals surface area contributed by atoms with Gasteiger partial charge < -0.3 is 5.32 Å². The highest BCUT2D eigenvalue weighted by Gasteiger charge is 2.17. The number of aryl methyl sites for hydroxylation is 2. The summed E-state index contributed by atoms with van der Waals surface area (Å²) < 4.78 is 4.50. The van der Waals surface area contributed by atoms with Gasteiger partial charge in [-0.15, -0.1) is 0 Å². The van der Waals surface area contributed by atoms with E-state index in [9.17, 15) is 4.79 Å². The fourth-order valence-electron chi connectivity index (χ4n) is 2.94. The topological polar surface area (TPSA) is 64.7 Å². The number of amides is 1. The maximum atomic E-state index is 12.5. The Morgan fingerprint density at radius 1 is 1.04 bits per heavy atom. The first-order valence-corrected chi connectivity index (χ1v) is 9.71. The molecule has 1 N–H and O–H groups in total. The molecule has 1 amide bonds. The van der Waals surface area contributed by atoms with Gasteiger partial charge in [0.1, 0.15) is 6.54 Å². The molecule has 0 unspecified atom stereocenters. The van der Waals surface area contributed by atoms with Gasteiger partial charge in [0, 0.05) is 5.02 Å². The van der Waals surface area contributed by atoms with Gasteiger partial charge in [0.2, 0.25) is 5.91 Å². The lowest BCUT2D eigenvalue weighted by atomic mass is 10.2. The van der Waals surface area contributed by atoms with Crippen LogP contribution >= 0.6 is 27.5 Å². The Balaban J connectivity index is 1.75. The summed E-state index contributed by atoms with van der Waals surface area (Å²) in [6, 6.07) is 7.66. The summed E-state index contributed by atoms with van der Waals surface area (Å²) >= 11 is 9.42. The lowest BCUT2D eigenvalue weighted by Gasteiger charge is -2.08. The second-order valence-electron chi connectivity index (χ2n) is 6.52. The first-order chi connectivity index (χ1) is 12.8. The number of nitrogens with zero attached hydrogens (tertiary/aromatic N) is 4. The molecule has 27 heavy (non-hydrogen) atoms. The Bertz CT molecular complexity index is 991. The highest BCUT2D eigenvalue weighted by molar-refractivity contribution is 9.10. The molecule has 1 aromatic carbocycles. The van der Waals surface area contributed by atoms with Crippen molar-refractivity contribution in [1.82, 2.24) is 19.6 Å². The zero-order chi connectivity index (χ0) is 19.7. The molecule has 0 saturated heterocycles. The Labute approximate surface area is 171 Å². The normalized spacial score (nSPS) is 11.0. The van der Waals surface area contributed by atoms with Crippen molar-refractivity contribution in [1.29, 1.82) is 0 Å². The lowest BCUT2D eigenvalue weighted by molar-refractivity contribution is -0.116. The molecule has 8 heteroatoms. The van der Waals surface area contributed by atoms with Crippen LogP contribution in [0.15, 0.2) is 28.7 Å².